The molecule has 0 amide bonds. The molecule has 0 saturated heterocycles. The molecule has 2 atom stereocenters. The van der Waals surface area contributed by atoms with E-state index in [0.29, 0.717) is 11.5 Å². The second-order valence-electron chi connectivity index (χ2n) is 10.6. The van der Waals surface area contributed by atoms with Crippen molar-refractivity contribution in [2.24, 2.45) is 5.92 Å². The average molecular weight is 605 g/mol. The van der Waals surface area contributed by atoms with Crippen molar-refractivity contribution in [2.45, 2.75) is 46.8 Å². The molecule has 2 aromatic carbocycles. The molecule has 2 aromatic rings. The molecule has 0 nitrogen and oxygen atoms in total. The van der Waals surface area contributed by atoms with Crippen molar-refractivity contribution < 1.29 is 30.6 Å². The van der Waals surface area contributed by atoms with Crippen LogP contribution in [0.15, 0.2) is 74.6 Å². The molecule has 4 rings (SSSR count). The summed E-state index contributed by atoms with van der Waals surface area (Å²) >= 11 is -3.65. The van der Waals surface area contributed by atoms with Crippen LogP contribution in [-0.4, -0.2) is 6.88 Å². The van der Waals surface area contributed by atoms with Crippen LogP contribution in [0.4, 0.5) is 13.2 Å². The zero-order valence-electron chi connectivity index (χ0n) is 20.5. The average Bonchev–Trinajstić information content (AvgIpc) is 3.20. The van der Waals surface area contributed by atoms with Gasteiger partial charge in [0.2, 0.25) is 0 Å². The van der Waals surface area contributed by atoms with E-state index < -0.39 is 29.1 Å². The van der Waals surface area contributed by atoms with Crippen LogP contribution in [0.2, 0.25) is 9.26 Å². The molecule has 2 aliphatic rings. The van der Waals surface area contributed by atoms with Crippen LogP contribution >= 0.6 is 24.8 Å². The molecule has 0 N–H and O–H groups in total. The molecular formula is C27H33Cl2F3SiZr. The smallest absolute Gasteiger partial charge is 0.147 e. The van der Waals surface area contributed by atoms with E-state index in [2.05, 4.69) is 56.0 Å². The van der Waals surface area contributed by atoms with Crippen molar-refractivity contribution in [3.05, 3.63) is 96.9 Å². The number of rotatable bonds is 3. The Morgan fingerprint density at radius 3 is 1.88 bits per heavy atom. The molecular weight excluding hydrogens is 572 g/mol. The summed E-state index contributed by atoms with van der Waals surface area (Å²) in [6.07, 6.45) is -2.20. The molecule has 34 heavy (non-hydrogen) atoms. The van der Waals surface area contributed by atoms with E-state index in [0.717, 1.165) is 11.1 Å². The Labute approximate surface area is 216 Å². The summed E-state index contributed by atoms with van der Waals surface area (Å²) in [6.45, 7) is 11.2. The van der Waals surface area contributed by atoms with Crippen LogP contribution < -0.4 is 0 Å². The number of alkyl halides is 3. The fraction of sp³-hybridized carbons (Fsp3) is 0.333. The molecule has 0 aromatic heterocycles. The van der Waals surface area contributed by atoms with E-state index in [1.54, 1.807) is 15.4 Å². The molecule has 0 radical (unpaired) electrons. The minimum absolute atomic E-state index is 0. The minimum atomic E-state index is -4.38. The van der Waals surface area contributed by atoms with Crippen molar-refractivity contribution in [3.63, 3.8) is 0 Å². The summed E-state index contributed by atoms with van der Waals surface area (Å²) in [4.78, 5) is 0. The van der Waals surface area contributed by atoms with Gasteiger partial charge in [0.1, 0.15) is 0 Å². The first-order valence-corrected chi connectivity index (χ1v) is 24.7. The Morgan fingerprint density at radius 1 is 0.824 bits per heavy atom. The zero-order valence-corrected chi connectivity index (χ0v) is 26.0. The number of fused-ring (bicyclic) bond motifs is 1. The molecule has 2 aliphatic carbocycles. The third-order valence-corrected chi connectivity index (χ3v) is 25.2. The van der Waals surface area contributed by atoms with Gasteiger partial charge in [0.05, 0.1) is 0 Å². The van der Waals surface area contributed by atoms with Gasteiger partial charge in [0, 0.05) is 0 Å². The number of halogens is 5. The number of allylic oxidation sites excluding steroid dienone is 5. The SMILES string of the molecule is CC1=C(C)C(C)[C]([Zr]([CH3])([CH3])(=[SiH2])[CH]2C=C(c3ccccc3C(F)(F)F)c3ccccc32)=C1C.Cl.Cl. The van der Waals surface area contributed by atoms with Gasteiger partial charge in [-0.2, -0.15) is 0 Å². The van der Waals surface area contributed by atoms with Crippen LogP contribution in [-0.2, 0) is 23.6 Å². The standard InChI is InChI=1S/C16H10F3.C9H13.2CH3.2ClH.H2Si.Zr/c17-16(18,19)15-8-4-3-7-14(15)13-10-9-11-5-1-2-6-12(11)13;1-6-5-7(2)9(4)8(6)3;;;;;;/h1-10H;6H,1-4H3;2*1H3;2*1H;1H2;. The van der Waals surface area contributed by atoms with Crippen LogP contribution in [0.1, 0.15) is 53.6 Å². The van der Waals surface area contributed by atoms with E-state index in [9.17, 15) is 13.2 Å². The fourth-order valence-electron chi connectivity index (χ4n) is 6.18. The Hall–Kier alpha value is -0.870. The molecule has 0 heterocycles. The van der Waals surface area contributed by atoms with Crippen molar-refractivity contribution in [1.29, 1.82) is 0 Å². The van der Waals surface area contributed by atoms with E-state index in [4.69, 9.17) is 0 Å². The predicted molar refractivity (Wildman–Crippen MR) is 143 cm³/mol. The van der Waals surface area contributed by atoms with Crippen molar-refractivity contribution >= 4 is 37.3 Å². The second-order valence-corrected chi connectivity index (χ2v) is 40.1. The maximum atomic E-state index is 13.9. The summed E-state index contributed by atoms with van der Waals surface area (Å²) in [6, 6.07) is 14.1. The van der Waals surface area contributed by atoms with Crippen LogP contribution in [0.3, 0.4) is 0 Å². The van der Waals surface area contributed by atoms with E-state index in [1.165, 1.54) is 34.4 Å². The molecule has 0 bridgehead atoms. The maximum Gasteiger partial charge on any atom is -0.147 e. The Morgan fingerprint density at radius 2 is 1.35 bits per heavy atom. The molecule has 0 spiro atoms. The molecule has 0 saturated carbocycles. The Kier molecular flexibility index (Phi) is 8.24. The summed E-state index contributed by atoms with van der Waals surface area (Å²) in [5, 5.41) is 0. The van der Waals surface area contributed by atoms with Gasteiger partial charge in [-0.1, -0.05) is 0 Å². The third-order valence-electron chi connectivity index (χ3n) is 7.96. The third kappa shape index (κ3) is 4.51. The first-order valence-electron chi connectivity index (χ1n) is 11.2. The predicted octanol–water partition coefficient (Wildman–Crippen LogP) is 8.63. The van der Waals surface area contributed by atoms with Gasteiger partial charge in [0.25, 0.3) is 0 Å². The van der Waals surface area contributed by atoms with Gasteiger partial charge in [0.15, 0.2) is 0 Å². The normalized spacial score (nSPS) is 20.6. The van der Waals surface area contributed by atoms with Gasteiger partial charge in [-0.25, -0.2) is 0 Å². The number of hydrogen-bond acceptors (Lipinski definition) is 0. The second kappa shape index (κ2) is 9.54. The molecule has 7 heteroatoms. The molecule has 0 fully saturated rings. The first kappa shape index (κ1) is 29.4. The largest absolute Gasteiger partial charge is 0.147 e. The van der Waals surface area contributed by atoms with Crippen molar-refractivity contribution in [1.82, 2.24) is 0 Å². The Bertz CT molecular complexity index is 1290. The zero-order chi connectivity index (χ0) is 23.7. The van der Waals surface area contributed by atoms with Crippen molar-refractivity contribution in [3.8, 4) is 0 Å². The number of hydrogen-bond donors (Lipinski definition) is 0. The van der Waals surface area contributed by atoms with E-state index in [-0.39, 0.29) is 28.4 Å². The first-order chi connectivity index (χ1) is 14.7. The van der Waals surface area contributed by atoms with Gasteiger partial charge >= 0.3 is 193 Å². The quantitative estimate of drug-likeness (QED) is 0.308. The summed E-state index contributed by atoms with van der Waals surface area (Å²) in [5.41, 5.74) is 6.86. The molecule has 2 unspecified atom stereocenters. The van der Waals surface area contributed by atoms with Crippen LogP contribution in [0.5, 0.6) is 0 Å². The number of benzene rings is 2. The van der Waals surface area contributed by atoms with E-state index in [1.807, 2.05) is 18.2 Å². The summed E-state index contributed by atoms with van der Waals surface area (Å²) < 4.78 is 48.4. The minimum Gasteiger partial charge on any atom is -0.147 e. The van der Waals surface area contributed by atoms with Crippen molar-refractivity contribution in [2.75, 3.05) is 0 Å². The van der Waals surface area contributed by atoms with Gasteiger partial charge in [-0.15, -0.1) is 24.8 Å². The van der Waals surface area contributed by atoms with Gasteiger partial charge in [-0.05, 0) is 0 Å². The summed E-state index contributed by atoms with van der Waals surface area (Å²) in [7, 11) is 0. The van der Waals surface area contributed by atoms with Gasteiger partial charge in [-0.3, -0.25) is 0 Å². The fourth-order valence-corrected chi connectivity index (χ4v) is 24.7. The maximum absolute atomic E-state index is 13.9. The topological polar surface area (TPSA) is 0 Å². The monoisotopic (exact) mass is 602 g/mol. The summed E-state index contributed by atoms with van der Waals surface area (Å²) in [5.74, 6) is 0.403. The van der Waals surface area contributed by atoms with E-state index >= 15 is 0 Å². The molecule has 0 aliphatic heterocycles. The Balaban J connectivity index is 0.00000204. The van der Waals surface area contributed by atoms with Gasteiger partial charge < -0.3 is 0 Å². The van der Waals surface area contributed by atoms with Crippen LogP contribution in [0.25, 0.3) is 5.57 Å². The van der Waals surface area contributed by atoms with Crippen LogP contribution in [0, 0.1) is 5.92 Å². The molecule has 184 valence electrons.